The standard InChI is InChI=1S/C11H16N4O2S/c1-8(2)17-7-9(16)6-15-13-11(12-14-15)10-4-3-5-18-10/h3-5,8-9,16H,6-7H2,1-2H3. The van der Waals surface area contributed by atoms with Crippen molar-refractivity contribution in [3.63, 3.8) is 0 Å². The Morgan fingerprint density at radius 3 is 3.00 bits per heavy atom. The Hall–Kier alpha value is -1.31. The highest BCUT2D eigenvalue weighted by atomic mass is 32.1. The summed E-state index contributed by atoms with van der Waals surface area (Å²) in [5, 5.41) is 23.8. The second-order valence-electron chi connectivity index (χ2n) is 4.18. The number of aliphatic hydroxyl groups is 1. The summed E-state index contributed by atoms with van der Waals surface area (Å²) in [6.45, 7) is 4.41. The molecule has 0 saturated carbocycles. The molecule has 0 amide bonds. The molecule has 6 nitrogen and oxygen atoms in total. The fourth-order valence-corrected chi connectivity index (χ4v) is 2.02. The Labute approximate surface area is 109 Å². The zero-order valence-corrected chi connectivity index (χ0v) is 11.2. The van der Waals surface area contributed by atoms with Gasteiger partial charge in [-0.3, -0.25) is 0 Å². The van der Waals surface area contributed by atoms with Crippen LogP contribution in [0, 0.1) is 0 Å². The summed E-state index contributed by atoms with van der Waals surface area (Å²) >= 11 is 1.56. The molecule has 0 fully saturated rings. The number of hydrogen-bond donors (Lipinski definition) is 1. The van der Waals surface area contributed by atoms with Crippen molar-refractivity contribution in [1.82, 2.24) is 20.2 Å². The average Bonchev–Trinajstić information content (AvgIpc) is 2.95. The van der Waals surface area contributed by atoms with Gasteiger partial charge in [-0.15, -0.1) is 21.5 Å². The minimum Gasteiger partial charge on any atom is -0.389 e. The fourth-order valence-electron chi connectivity index (χ4n) is 1.37. The van der Waals surface area contributed by atoms with Crippen molar-refractivity contribution >= 4 is 11.3 Å². The van der Waals surface area contributed by atoms with Crippen LogP contribution in [0.25, 0.3) is 10.7 Å². The van der Waals surface area contributed by atoms with Crippen LogP contribution in [-0.2, 0) is 11.3 Å². The first kappa shape index (κ1) is 13.1. The van der Waals surface area contributed by atoms with E-state index in [1.54, 1.807) is 11.3 Å². The molecule has 0 radical (unpaired) electrons. The summed E-state index contributed by atoms with van der Waals surface area (Å²) < 4.78 is 5.32. The minimum absolute atomic E-state index is 0.102. The Morgan fingerprint density at radius 2 is 2.33 bits per heavy atom. The van der Waals surface area contributed by atoms with Crippen LogP contribution in [0.1, 0.15) is 13.8 Å². The van der Waals surface area contributed by atoms with Crippen LogP contribution in [0.15, 0.2) is 17.5 Å². The van der Waals surface area contributed by atoms with Gasteiger partial charge in [-0.2, -0.15) is 4.80 Å². The van der Waals surface area contributed by atoms with E-state index < -0.39 is 6.10 Å². The van der Waals surface area contributed by atoms with Gasteiger partial charge >= 0.3 is 0 Å². The Bertz CT molecular complexity index is 469. The first-order valence-corrected chi connectivity index (χ1v) is 6.64. The molecule has 0 aliphatic heterocycles. The fraction of sp³-hybridized carbons (Fsp3) is 0.545. The molecule has 2 heterocycles. The maximum atomic E-state index is 9.74. The highest BCUT2D eigenvalue weighted by Gasteiger charge is 2.11. The van der Waals surface area contributed by atoms with E-state index in [4.69, 9.17) is 4.74 Å². The summed E-state index contributed by atoms with van der Waals surface area (Å²) in [6, 6.07) is 3.87. The lowest BCUT2D eigenvalue weighted by Gasteiger charge is -2.12. The molecule has 2 rings (SSSR count). The quantitative estimate of drug-likeness (QED) is 0.852. The summed E-state index contributed by atoms with van der Waals surface area (Å²) in [7, 11) is 0. The molecule has 0 bridgehead atoms. The number of ether oxygens (including phenoxy) is 1. The maximum absolute atomic E-state index is 9.74. The molecule has 18 heavy (non-hydrogen) atoms. The van der Waals surface area contributed by atoms with Crippen molar-refractivity contribution < 1.29 is 9.84 Å². The minimum atomic E-state index is -0.627. The summed E-state index contributed by atoms with van der Waals surface area (Å²) in [4.78, 5) is 2.36. The van der Waals surface area contributed by atoms with Gasteiger partial charge in [-0.25, -0.2) is 0 Å². The van der Waals surface area contributed by atoms with Crippen molar-refractivity contribution in [3.8, 4) is 10.7 Å². The van der Waals surface area contributed by atoms with E-state index in [0.29, 0.717) is 5.82 Å². The van der Waals surface area contributed by atoms with E-state index in [2.05, 4.69) is 15.4 Å². The molecule has 0 spiro atoms. The SMILES string of the molecule is CC(C)OCC(O)Cn1nnc(-c2cccs2)n1. The first-order chi connectivity index (χ1) is 8.65. The van der Waals surface area contributed by atoms with E-state index >= 15 is 0 Å². The van der Waals surface area contributed by atoms with Crippen LogP contribution < -0.4 is 0 Å². The zero-order valence-electron chi connectivity index (χ0n) is 10.4. The number of aromatic nitrogens is 4. The number of thiophene rings is 1. The maximum Gasteiger partial charge on any atom is 0.214 e. The van der Waals surface area contributed by atoms with E-state index in [1.165, 1.54) is 4.80 Å². The van der Waals surface area contributed by atoms with E-state index in [1.807, 2.05) is 31.4 Å². The number of hydrogen-bond acceptors (Lipinski definition) is 6. The lowest BCUT2D eigenvalue weighted by molar-refractivity contribution is -0.00379. The third-order valence-corrected chi connectivity index (χ3v) is 3.06. The molecule has 0 saturated heterocycles. The Balaban J connectivity index is 1.90. The molecule has 0 aromatic carbocycles. The first-order valence-electron chi connectivity index (χ1n) is 5.76. The van der Waals surface area contributed by atoms with E-state index in [-0.39, 0.29) is 19.3 Å². The van der Waals surface area contributed by atoms with Gasteiger partial charge in [0, 0.05) is 0 Å². The van der Waals surface area contributed by atoms with Crippen molar-refractivity contribution in [2.45, 2.75) is 32.6 Å². The van der Waals surface area contributed by atoms with Crippen molar-refractivity contribution in [3.05, 3.63) is 17.5 Å². The third kappa shape index (κ3) is 3.59. The van der Waals surface area contributed by atoms with Crippen LogP contribution in [-0.4, -0.2) is 44.1 Å². The third-order valence-electron chi connectivity index (χ3n) is 2.19. The average molecular weight is 268 g/mol. The summed E-state index contributed by atoms with van der Waals surface area (Å²) in [5.74, 6) is 0.585. The molecule has 1 unspecified atom stereocenters. The van der Waals surface area contributed by atoms with Gasteiger partial charge in [-0.05, 0) is 30.5 Å². The van der Waals surface area contributed by atoms with Gasteiger partial charge in [0.15, 0.2) is 0 Å². The smallest absolute Gasteiger partial charge is 0.214 e. The molecule has 98 valence electrons. The predicted octanol–water partition coefficient (Wildman–Crippen LogP) is 1.19. The van der Waals surface area contributed by atoms with Crippen LogP contribution in [0.3, 0.4) is 0 Å². The molecule has 2 aromatic heterocycles. The van der Waals surface area contributed by atoms with Gasteiger partial charge in [0.05, 0.1) is 30.2 Å². The molecule has 1 N–H and O–H groups in total. The predicted molar refractivity (Wildman–Crippen MR) is 68.2 cm³/mol. The molecule has 7 heteroatoms. The molecular formula is C11H16N4O2S. The Kier molecular flexibility index (Phi) is 4.40. The molecular weight excluding hydrogens is 252 g/mol. The second-order valence-corrected chi connectivity index (χ2v) is 5.13. The Morgan fingerprint density at radius 1 is 1.50 bits per heavy atom. The number of rotatable bonds is 6. The molecule has 1 atom stereocenters. The van der Waals surface area contributed by atoms with Crippen LogP contribution >= 0.6 is 11.3 Å². The number of nitrogens with zero attached hydrogens (tertiary/aromatic N) is 4. The zero-order chi connectivity index (χ0) is 13.0. The molecule has 0 aliphatic rings. The lowest BCUT2D eigenvalue weighted by atomic mass is 10.4. The summed E-state index contributed by atoms with van der Waals surface area (Å²) in [6.07, 6.45) is -0.525. The van der Waals surface area contributed by atoms with Gasteiger partial charge < -0.3 is 9.84 Å². The molecule has 0 aliphatic carbocycles. The monoisotopic (exact) mass is 268 g/mol. The van der Waals surface area contributed by atoms with Gasteiger partial charge in [0.1, 0.15) is 0 Å². The van der Waals surface area contributed by atoms with Crippen molar-refractivity contribution in [2.24, 2.45) is 0 Å². The largest absolute Gasteiger partial charge is 0.389 e. The van der Waals surface area contributed by atoms with Crippen molar-refractivity contribution in [2.75, 3.05) is 6.61 Å². The normalized spacial score (nSPS) is 13.1. The highest BCUT2D eigenvalue weighted by Crippen LogP contribution is 2.19. The summed E-state index contributed by atoms with van der Waals surface area (Å²) in [5.41, 5.74) is 0. The number of tetrazole rings is 1. The van der Waals surface area contributed by atoms with Gasteiger partial charge in [0.25, 0.3) is 0 Å². The van der Waals surface area contributed by atoms with Gasteiger partial charge in [0.2, 0.25) is 5.82 Å². The van der Waals surface area contributed by atoms with Crippen LogP contribution in [0.5, 0.6) is 0 Å². The van der Waals surface area contributed by atoms with E-state index in [9.17, 15) is 5.11 Å². The van der Waals surface area contributed by atoms with Crippen LogP contribution in [0.2, 0.25) is 0 Å². The lowest BCUT2D eigenvalue weighted by Crippen LogP contribution is -2.25. The van der Waals surface area contributed by atoms with Crippen LogP contribution in [0.4, 0.5) is 0 Å². The second kappa shape index (κ2) is 6.03. The van der Waals surface area contributed by atoms with E-state index in [0.717, 1.165) is 4.88 Å². The topological polar surface area (TPSA) is 73.1 Å². The highest BCUT2D eigenvalue weighted by molar-refractivity contribution is 7.13. The van der Waals surface area contributed by atoms with Gasteiger partial charge in [-0.1, -0.05) is 6.07 Å². The van der Waals surface area contributed by atoms with Crippen molar-refractivity contribution in [1.29, 1.82) is 0 Å². The number of aliphatic hydroxyl groups excluding tert-OH is 1. The molecule has 2 aromatic rings.